The third-order valence-electron chi connectivity index (χ3n) is 6.37. The fraction of sp³-hybridized carbons (Fsp3) is 1.00. The predicted molar refractivity (Wildman–Crippen MR) is 79.1 cm³/mol. The number of hydrogen-bond acceptors (Lipinski definition) is 2. The molecule has 110 valence electrons. The summed E-state index contributed by atoms with van der Waals surface area (Å²) in [5.74, 6) is 0. The van der Waals surface area contributed by atoms with Crippen molar-refractivity contribution in [2.45, 2.75) is 83.8 Å². The van der Waals surface area contributed by atoms with Crippen LogP contribution in [0.15, 0.2) is 0 Å². The van der Waals surface area contributed by atoms with E-state index in [1.54, 1.807) is 0 Å². The Balaban J connectivity index is 1.73. The van der Waals surface area contributed by atoms with Gasteiger partial charge in [-0.1, -0.05) is 26.7 Å². The highest BCUT2D eigenvalue weighted by atomic mass is 16.3. The molecule has 1 aliphatic heterocycles. The van der Waals surface area contributed by atoms with Crippen LogP contribution in [0.2, 0.25) is 0 Å². The predicted octanol–water partition coefficient (Wildman–Crippen LogP) is 3.58. The van der Waals surface area contributed by atoms with Crippen LogP contribution >= 0.6 is 0 Å². The summed E-state index contributed by atoms with van der Waals surface area (Å²) in [7, 11) is 0. The molecule has 1 N–H and O–H groups in total. The lowest BCUT2D eigenvalue weighted by Gasteiger charge is -2.51. The minimum atomic E-state index is -0.0360. The summed E-state index contributed by atoms with van der Waals surface area (Å²) in [6.07, 6.45) is 11.7. The maximum Gasteiger partial charge on any atom is 0.0555 e. The van der Waals surface area contributed by atoms with Crippen LogP contribution in [0.3, 0.4) is 0 Å². The lowest BCUT2D eigenvalue weighted by Crippen LogP contribution is -2.54. The highest BCUT2D eigenvalue weighted by molar-refractivity contribution is 5.01. The minimum Gasteiger partial charge on any atom is -0.393 e. The molecule has 2 aliphatic carbocycles. The van der Waals surface area contributed by atoms with Gasteiger partial charge >= 0.3 is 0 Å². The molecule has 1 heterocycles. The summed E-state index contributed by atoms with van der Waals surface area (Å²) in [5, 5.41) is 10.1. The molecule has 0 radical (unpaired) electrons. The molecular weight excluding hydrogens is 234 g/mol. The second-order valence-electron chi connectivity index (χ2n) is 8.21. The summed E-state index contributed by atoms with van der Waals surface area (Å²) in [4.78, 5) is 2.75. The molecule has 2 heteroatoms. The highest BCUT2D eigenvalue weighted by Gasteiger charge is 2.47. The second kappa shape index (κ2) is 5.04. The van der Waals surface area contributed by atoms with Gasteiger partial charge in [-0.25, -0.2) is 0 Å². The number of aliphatic hydroxyl groups excluding tert-OH is 1. The first-order valence-electron chi connectivity index (χ1n) is 8.43. The Morgan fingerprint density at radius 1 is 0.947 bits per heavy atom. The van der Waals surface area contributed by atoms with Crippen LogP contribution < -0.4 is 0 Å². The summed E-state index contributed by atoms with van der Waals surface area (Å²) in [6.45, 7) is 7.33. The molecule has 2 saturated carbocycles. The maximum absolute atomic E-state index is 10.1. The van der Waals surface area contributed by atoms with Gasteiger partial charge in [-0.2, -0.15) is 0 Å². The van der Waals surface area contributed by atoms with Crippen molar-refractivity contribution in [2.24, 2.45) is 10.8 Å². The van der Waals surface area contributed by atoms with E-state index in [4.69, 9.17) is 0 Å². The van der Waals surface area contributed by atoms with E-state index < -0.39 is 0 Å². The summed E-state index contributed by atoms with van der Waals surface area (Å²) < 4.78 is 0. The summed E-state index contributed by atoms with van der Waals surface area (Å²) in [5.41, 5.74) is 1.10. The zero-order chi connectivity index (χ0) is 13.5. The van der Waals surface area contributed by atoms with Crippen molar-refractivity contribution in [2.75, 3.05) is 13.1 Å². The Hall–Kier alpha value is -0.0800. The quantitative estimate of drug-likeness (QED) is 0.783. The van der Waals surface area contributed by atoms with E-state index in [0.717, 1.165) is 12.8 Å². The number of hydrogen-bond donors (Lipinski definition) is 1. The third-order valence-corrected chi connectivity index (χ3v) is 6.37. The second-order valence-corrected chi connectivity index (χ2v) is 8.21. The first-order valence-corrected chi connectivity index (χ1v) is 8.43. The van der Waals surface area contributed by atoms with Crippen molar-refractivity contribution in [1.82, 2.24) is 4.90 Å². The number of aliphatic hydroxyl groups is 1. The van der Waals surface area contributed by atoms with Crippen LogP contribution in [0.25, 0.3) is 0 Å². The standard InChI is InChI=1S/C17H31NO/c1-16(2)9-11-18(12-10-16)15-13-14(19)5-8-17(15)6-3-4-7-17/h14-15,19H,3-13H2,1-2H3. The van der Waals surface area contributed by atoms with Crippen LogP contribution in [-0.2, 0) is 0 Å². The van der Waals surface area contributed by atoms with Crippen molar-refractivity contribution in [3.05, 3.63) is 0 Å². The van der Waals surface area contributed by atoms with E-state index in [0.29, 0.717) is 16.9 Å². The SMILES string of the molecule is CC1(C)CCN(C2CC(O)CCC23CCCC3)CC1. The van der Waals surface area contributed by atoms with Gasteiger partial charge in [0, 0.05) is 6.04 Å². The largest absolute Gasteiger partial charge is 0.393 e. The molecule has 1 saturated heterocycles. The Labute approximate surface area is 118 Å². The average Bonchev–Trinajstić information content (AvgIpc) is 2.83. The van der Waals surface area contributed by atoms with Gasteiger partial charge in [0.15, 0.2) is 0 Å². The number of nitrogens with zero attached hydrogens (tertiary/aromatic N) is 1. The van der Waals surface area contributed by atoms with Gasteiger partial charge in [0.25, 0.3) is 0 Å². The van der Waals surface area contributed by atoms with Gasteiger partial charge in [-0.15, -0.1) is 0 Å². The van der Waals surface area contributed by atoms with Crippen LogP contribution in [0, 0.1) is 10.8 Å². The van der Waals surface area contributed by atoms with E-state index in [9.17, 15) is 5.11 Å². The molecule has 2 atom stereocenters. The Bertz CT molecular complexity index is 309. The van der Waals surface area contributed by atoms with E-state index in [1.165, 1.54) is 58.0 Å². The molecule has 3 aliphatic rings. The Morgan fingerprint density at radius 2 is 1.58 bits per heavy atom. The monoisotopic (exact) mass is 265 g/mol. The molecule has 3 rings (SSSR count). The van der Waals surface area contributed by atoms with Gasteiger partial charge in [0.1, 0.15) is 0 Å². The van der Waals surface area contributed by atoms with Crippen molar-refractivity contribution in [1.29, 1.82) is 0 Å². The lowest BCUT2D eigenvalue weighted by molar-refractivity contribution is -0.0444. The highest BCUT2D eigenvalue weighted by Crippen LogP contribution is 2.51. The maximum atomic E-state index is 10.1. The van der Waals surface area contributed by atoms with Crippen LogP contribution in [-0.4, -0.2) is 35.2 Å². The van der Waals surface area contributed by atoms with Crippen LogP contribution in [0.4, 0.5) is 0 Å². The first kappa shape index (κ1) is 13.9. The summed E-state index contributed by atoms with van der Waals surface area (Å²) in [6, 6.07) is 0.676. The smallest absolute Gasteiger partial charge is 0.0555 e. The van der Waals surface area contributed by atoms with Crippen molar-refractivity contribution < 1.29 is 5.11 Å². The van der Waals surface area contributed by atoms with Crippen molar-refractivity contribution >= 4 is 0 Å². The Kier molecular flexibility index (Phi) is 3.68. The van der Waals surface area contributed by atoms with Gasteiger partial charge in [0.2, 0.25) is 0 Å². The molecule has 2 nitrogen and oxygen atoms in total. The van der Waals surface area contributed by atoms with Gasteiger partial charge in [-0.3, -0.25) is 4.90 Å². The van der Waals surface area contributed by atoms with Gasteiger partial charge in [0.05, 0.1) is 6.10 Å². The minimum absolute atomic E-state index is 0.0360. The third kappa shape index (κ3) is 2.71. The van der Waals surface area contributed by atoms with Crippen molar-refractivity contribution in [3.8, 4) is 0 Å². The molecule has 0 aromatic carbocycles. The molecular formula is C17H31NO. The molecule has 0 amide bonds. The number of likely N-dealkylation sites (tertiary alicyclic amines) is 1. The fourth-order valence-corrected chi connectivity index (χ4v) is 4.89. The topological polar surface area (TPSA) is 23.5 Å². The zero-order valence-corrected chi connectivity index (χ0v) is 12.8. The van der Waals surface area contributed by atoms with Crippen molar-refractivity contribution in [3.63, 3.8) is 0 Å². The molecule has 2 unspecified atom stereocenters. The summed E-state index contributed by atoms with van der Waals surface area (Å²) >= 11 is 0. The van der Waals surface area contributed by atoms with E-state index in [2.05, 4.69) is 18.7 Å². The first-order chi connectivity index (χ1) is 9.01. The number of rotatable bonds is 1. The van der Waals surface area contributed by atoms with Crippen LogP contribution in [0.5, 0.6) is 0 Å². The Morgan fingerprint density at radius 3 is 2.21 bits per heavy atom. The lowest BCUT2D eigenvalue weighted by atomic mass is 9.66. The fourth-order valence-electron chi connectivity index (χ4n) is 4.89. The molecule has 1 spiro atoms. The van der Waals surface area contributed by atoms with Gasteiger partial charge in [-0.05, 0) is 68.9 Å². The molecule has 0 aromatic rings. The van der Waals surface area contributed by atoms with Gasteiger partial charge < -0.3 is 5.11 Å². The molecule has 3 fully saturated rings. The normalized spacial score (nSPS) is 38.7. The molecule has 0 bridgehead atoms. The molecule has 0 aromatic heterocycles. The van der Waals surface area contributed by atoms with E-state index in [1.807, 2.05) is 0 Å². The zero-order valence-electron chi connectivity index (χ0n) is 12.8. The average molecular weight is 265 g/mol. The van der Waals surface area contributed by atoms with E-state index >= 15 is 0 Å². The van der Waals surface area contributed by atoms with Crippen LogP contribution in [0.1, 0.15) is 71.6 Å². The molecule has 19 heavy (non-hydrogen) atoms. The van der Waals surface area contributed by atoms with E-state index in [-0.39, 0.29) is 6.10 Å². The number of piperidine rings is 1.